The number of esters is 1. The zero-order valence-electron chi connectivity index (χ0n) is 13.4. The number of carbonyl (C=O) groups excluding carboxylic acids is 2. The van der Waals surface area contributed by atoms with Gasteiger partial charge in [0, 0.05) is 18.0 Å². The Hall–Kier alpha value is -3.15. The van der Waals surface area contributed by atoms with Crippen LogP contribution in [0.2, 0.25) is 0 Å². The number of hydrogen-bond acceptors (Lipinski definition) is 5. The molecule has 0 fully saturated rings. The summed E-state index contributed by atoms with van der Waals surface area (Å²) in [6.07, 6.45) is 3.60. The van der Waals surface area contributed by atoms with E-state index in [1.807, 2.05) is 0 Å². The second-order valence-electron chi connectivity index (χ2n) is 5.25. The van der Waals surface area contributed by atoms with Crippen molar-refractivity contribution >= 4 is 17.4 Å². The third-order valence-corrected chi connectivity index (χ3v) is 3.59. The van der Waals surface area contributed by atoms with E-state index >= 15 is 0 Å². The number of Topliss-reactive ketones (excluding diaryl/α,β-unsaturated/α-hetero) is 1. The Balaban J connectivity index is 1.78. The van der Waals surface area contributed by atoms with E-state index in [4.69, 9.17) is 9.47 Å². The van der Waals surface area contributed by atoms with Crippen LogP contribution in [-0.2, 0) is 11.3 Å². The van der Waals surface area contributed by atoms with E-state index in [2.05, 4.69) is 4.98 Å². The number of ketones is 1. The van der Waals surface area contributed by atoms with Gasteiger partial charge in [-0.2, -0.15) is 0 Å². The van der Waals surface area contributed by atoms with E-state index in [1.165, 1.54) is 14.0 Å². The number of benzene rings is 1. The average molecular weight is 324 g/mol. The van der Waals surface area contributed by atoms with Crippen molar-refractivity contribution in [2.75, 3.05) is 7.11 Å². The Bertz CT molecular complexity index is 897. The van der Waals surface area contributed by atoms with E-state index in [0.29, 0.717) is 28.2 Å². The lowest BCUT2D eigenvalue weighted by Crippen LogP contribution is -2.03. The second kappa shape index (κ2) is 6.54. The number of hydrogen-bond donors (Lipinski definition) is 0. The Morgan fingerprint density at radius 1 is 1.17 bits per heavy atom. The van der Waals surface area contributed by atoms with Crippen molar-refractivity contribution < 1.29 is 19.1 Å². The summed E-state index contributed by atoms with van der Waals surface area (Å²) in [6.45, 7) is 1.77. The molecule has 2 aromatic heterocycles. The van der Waals surface area contributed by atoms with Gasteiger partial charge in [-0.3, -0.25) is 4.79 Å². The number of imidazole rings is 1. The first-order chi connectivity index (χ1) is 11.6. The minimum absolute atomic E-state index is 0.0113. The van der Waals surface area contributed by atoms with Gasteiger partial charge >= 0.3 is 5.97 Å². The van der Waals surface area contributed by atoms with Crippen LogP contribution in [0.4, 0.5) is 0 Å². The minimum atomic E-state index is -0.432. The first-order valence-electron chi connectivity index (χ1n) is 7.37. The molecule has 0 N–H and O–H groups in total. The monoisotopic (exact) mass is 324 g/mol. The number of carbonyl (C=O) groups is 2. The van der Waals surface area contributed by atoms with E-state index in [-0.39, 0.29) is 12.4 Å². The van der Waals surface area contributed by atoms with Crippen LogP contribution in [0.25, 0.3) is 5.65 Å². The first kappa shape index (κ1) is 15.7. The molecule has 0 bridgehead atoms. The zero-order valence-corrected chi connectivity index (χ0v) is 13.4. The Morgan fingerprint density at radius 3 is 2.58 bits per heavy atom. The summed E-state index contributed by atoms with van der Waals surface area (Å²) in [7, 11) is 1.34. The number of methoxy groups -OCH3 is 1. The van der Waals surface area contributed by atoms with Crippen LogP contribution in [0, 0.1) is 0 Å². The quantitative estimate of drug-likeness (QED) is 0.533. The van der Waals surface area contributed by atoms with Crippen LogP contribution in [0.15, 0.2) is 48.8 Å². The highest BCUT2D eigenvalue weighted by Gasteiger charge is 2.13. The fourth-order valence-electron chi connectivity index (χ4n) is 2.35. The molecule has 0 unspecified atom stereocenters. The standard InChI is InChI=1S/C18H16N2O4/c1-12(21)13-5-7-15(8-6-13)24-11-14-10-20-9-3-4-16(17(20)19-14)18(22)23-2/h3-10H,11H2,1-2H3. The van der Waals surface area contributed by atoms with Gasteiger partial charge in [-0.05, 0) is 43.3 Å². The smallest absolute Gasteiger partial charge is 0.341 e. The summed E-state index contributed by atoms with van der Waals surface area (Å²) in [5, 5.41) is 0. The van der Waals surface area contributed by atoms with Crippen molar-refractivity contribution in [2.24, 2.45) is 0 Å². The maximum absolute atomic E-state index is 11.8. The van der Waals surface area contributed by atoms with Crippen molar-refractivity contribution in [3.63, 3.8) is 0 Å². The lowest BCUT2D eigenvalue weighted by Gasteiger charge is -2.04. The Kier molecular flexibility index (Phi) is 4.29. The topological polar surface area (TPSA) is 69.9 Å². The molecule has 6 nitrogen and oxygen atoms in total. The minimum Gasteiger partial charge on any atom is -0.487 e. The molecule has 122 valence electrons. The van der Waals surface area contributed by atoms with Crippen LogP contribution in [-0.4, -0.2) is 28.2 Å². The predicted molar refractivity (Wildman–Crippen MR) is 87.3 cm³/mol. The third kappa shape index (κ3) is 3.12. The Morgan fingerprint density at radius 2 is 1.92 bits per heavy atom. The fraction of sp³-hybridized carbons (Fsp3) is 0.167. The highest BCUT2D eigenvalue weighted by molar-refractivity contribution is 5.95. The summed E-state index contributed by atoms with van der Waals surface area (Å²) < 4.78 is 12.2. The molecule has 2 heterocycles. The summed E-state index contributed by atoms with van der Waals surface area (Å²) >= 11 is 0. The van der Waals surface area contributed by atoms with Crippen molar-refractivity contribution in [3.05, 3.63) is 65.6 Å². The highest BCUT2D eigenvalue weighted by atomic mass is 16.5. The van der Waals surface area contributed by atoms with Gasteiger partial charge in [0.1, 0.15) is 17.9 Å². The van der Waals surface area contributed by atoms with Crippen LogP contribution in [0.3, 0.4) is 0 Å². The number of nitrogens with zero attached hydrogens (tertiary/aromatic N) is 2. The molecule has 0 saturated heterocycles. The van der Waals surface area contributed by atoms with Crippen LogP contribution >= 0.6 is 0 Å². The molecular formula is C18H16N2O4. The van der Waals surface area contributed by atoms with Gasteiger partial charge in [-0.15, -0.1) is 0 Å². The van der Waals surface area contributed by atoms with Crippen molar-refractivity contribution in [2.45, 2.75) is 13.5 Å². The van der Waals surface area contributed by atoms with Crippen LogP contribution in [0.5, 0.6) is 5.75 Å². The van der Waals surface area contributed by atoms with Gasteiger partial charge < -0.3 is 13.9 Å². The molecule has 0 saturated carbocycles. The fourth-order valence-corrected chi connectivity index (χ4v) is 2.35. The molecular weight excluding hydrogens is 308 g/mol. The molecule has 0 aliphatic heterocycles. The number of aromatic nitrogens is 2. The average Bonchev–Trinajstić information content (AvgIpc) is 3.02. The summed E-state index contributed by atoms with van der Waals surface area (Å²) in [5.74, 6) is 0.223. The molecule has 3 aromatic rings. The lowest BCUT2D eigenvalue weighted by molar-refractivity contribution is 0.0602. The largest absolute Gasteiger partial charge is 0.487 e. The molecule has 0 aliphatic carbocycles. The molecule has 24 heavy (non-hydrogen) atoms. The summed E-state index contributed by atoms with van der Waals surface area (Å²) in [6, 6.07) is 10.3. The molecule has 0 amide bonds. The van der Waals surface area contributed by atoms with Crippen molar-refractivity contribution in [3.8, 4) is 5.75 Å². The maximum Gasteiger partial charge on any atom is 0.341 e. The summed E-state index contributed by atoms with van der Waals surface area (Å²) in [5.41, 5.74) is 2.24. The number of rotatable bonds is 5. The third-order valence-electron chi connectivity index (χ3n) is 3.59. The van der Waals surface area contributed by atoms with Gasteiger partial charge in [0.05, 0.1) is 12.8 Å². The second-order valence-corrected chi connectivity index (χ2v) is 5.25. The van der Waals surface area contributed by atoms with Crippen LogP contribution in [0.1, 0.15) is 33.3 Å². The van der Waals surface area contributed by atoms with Crippen molar-refractivity contribution in [1.82, 2.24) is 9.38 Å². The summed E-state index contributed by atoms with van der Waals surface area (Å²) in [4.78, 5) is 27.4. The zero-order chi connectivity index (χ0) is 17.1. The number of fused-ring (bicyclic) bond motifs is 1. The number of pyridine rings is 1. The molecule has 1 aromatic carbocycles. The maximum atomic E-state index is 11.8. The molecule has 0 spiro atoms. The van der Waals surface area contributed by atoms with Crippen molar-refractivity contribution in [1.29, 1.82) is 0 Å². The number of ether oxygens (including phenoxy) is 2. The molecule has 0 aliphatic rings. The van der Waals surface area contributed by atoms with E-state index < -0.39 is 5.97 Å². The predicted octanol–water partition coefficient (Wildman–Crippen LogP) is 2.90. The van der Waals surface area contributed by atoms with Gasteiger partial charge in [-0.1, -0.05) is 0 Å². The lowest BCUT2D eigenvalue weighted by atomic mass is 10.1. The molecule has 0 radical (unpaired) electrons. The van der Waals surface area contributed by atoms with E-state index in [1.54, 1.807) is 53.2 Å². The SMILES string of the molecule is COC(=O)c1cccn2cc(COc3ccc(C(C)=O)cc3)nc12. The molecule has 6 heteroatoms. The van der Waals surface area contributed by atoms with Gasteiger partial charge in [0.15, 0.2) is 11.4 Å². The molecule has 3 rings (SSSR count). The van der Waals surface area contributed by atoms with Crippen LogP contribution < -0.4 is 4.74 Å². The van der Waals surface area contributed by atoms with E-state index in [9.17, 15) is 9.59 Å². The van der Waals surface area contributed by atoms with Gasteiger partial charge in [-0.25, -0.2) is 9.78 Å². The highest BCUT2D eigenvalue weighted by Crippen LogP contribution is 2.16. The van der Waals surface area contributed by atoms with Gasteiger partial charge in [0.25, 0.3) is 0 Å². The van der Waals surface area contributed by atoms with Gasteiger partial charge in [0.2, 0.25) is 0 Å². The first-order valence-corrected chi connectivity index (χ1v) is 7.37. The van der Waals surface area contributed by atoms with E-state index in [0.717, 1.165) is 0 Å². The normalized spacial score (nSPS) is 10.6. The molecule has 0 atom stereocenters. The Labute approximate surface area is 138 Å².